The Labute approximate surface area is 73.7 Å². The van der Waals surface area contributed by atoms with Gasteiger partial charge in [-0.15, -0.1) is 0 Å². The highest BCUT2D eigenvalue weighted by Gasteiger charge is 2.38. The van der Waals surface area contributed by atoms with Gasteiger partial charge in [0.2, 0.25) is 5.91 Å². The molecule has 70 valence electrons. The number of rotatable bonds is 1. The van der Waals surface area contributed by atoms with Crippen molar-refractivity contribution in [3.63, 3.8) is 0 Å². The van der Waals surface area contributed by atoms with Crippen molar-refractivity contribution in [1.82, 2.24) is 5.32 Å². The van der Waals surface area contributed by atoms with Crippen LogP contribution in [0.2, 0.25) is 0 Å². The molecule has 2 unspecified atom stereocenters. The molecule has 1 saturated heterocycles. The summed E-state index contributed by atoms with van der Waals surface area (Å²) >= 11 is 0. The molecule has 3 nitrogen and oxygen atoms in total. The van der Waals surface area contributed by atoms with Gasteiger partial charge in [-0.05, 0) is 17.9 Å². The van der Waals surface area contributed by atoms with Crippen molar-refractivity contribution in [2.45, 2.75) is 20.8 Å². The molecule has 1 amide bonds. The van der Waals surface area contributed by atoms with Gasteiger partial charge in [0.05, 0.1) is 5.92 Å². The minimum atomic E-state index is -0.167. The Balaban J connectivity index is 2.71. The van der Waals surface area contributed by atoms with Crippen molar-refractivity contribution in [3.8, 4) is 0 Å². The Morgan fingerprint density at radius 1 is 1.42 bits per heavy atom. The molecular weight excluding hydrogens is 152 g/mol. The Bertz CT molecular complexity index is 183. The lowest BCUT2D eigenvalue weighted by Gasteiger charge is -2.29. The van der Waals surface area contributed by atoms with Crippen LogP contribution in [-0.2, 0) is 4.79 Å². The van der Waals surface area contributed by atoms with E-state index in [0.29, 0.717) is 5.92 Å². The van der Waals surface area contributed by atoms with E-state index in [-0.39, 0.29) is 17.2 Å². The summed E-state index contributed by atoms with van der Waals surface area (Å²) in [6.45, 7) is 8.12. The molecule has 3 N–H and O–H groups in total. The lowest BCUT2D eigenvalue weighted by atomic mass is 9.75. The van der Waals surface area contributed by atoms with Crippen LogP contribution in [0.4, 0.5) is 0 Å². The maximum atomic E-state index is 11.0. The molecule has 1 rings (SSSR count). The van der Waals surface area contributed by atoms with Gasteiger partial charge in [-0.2, -0.15) is 0 Å². The third kappa shape index (κ3) is 1.78. The van der Waals surface area contributed by atoms with Crippen molar-refractivity contribution in [3.05, 3.63) is 0 Å². The molecule has 1 heterocycles. The van der Waals surface area contributed by atoms with E-state index in [2.05, 4.69) is 26.1 Å². The second-order valence-electron chi connectivity index (χ2n) is 4.64. The highest BCUT2D eigenvalue weighted by Crippen LogP contribution is 2.34. The van der Waals surface area contributed by atoms with Crippen LogP contribution < -0.4 is 11.1 Å². The average Bonchev–Trinajstić information content (AvgIpc) is 2.30. The van der Waals surface area contributed by atoms with E-state index in [1.165, 1.54) is 0 Å². The van der Waals surface area contributed by atoms with Crippen molar-refractivity contribution in [2.24, 2.45) is 23.0 Å². The molecule has 0 aliphatic carbocycles. The van der Waals surface area contributed by atoms with E-state index < -0.39 is 0 Å². The lowest BCUT2D eigenvalue weighted by Crippen LogP contribution is -2.35. The second kappa shape index (κ2) is 3.05. The SMILES string of the molecule is CC(C)(C)C1CNCC1C(N)=O. The number of primary amides is 1. The molecule has 0 radical (unpaired) electrons. The maximum absolute atomic E-state index is 11.0. The Morgan fingerprint density at radius 2 is 2.00 bits per heavy atom. The number of amides is 1. The zero-order valence-electron chi connectivity index (χ0n) is 8.05. The first-order valence-corrected chi connectivity index (χ1v) is 4.43. The van der Waals surface area contributed by atoms with E-state index in [1.54, 1.807) is 0 Å². The number of carbonyl (C=O) groups is 1. The number of hydrogen-bond acceptors (Lipinski definition) is 2. The first-order chi connectivity index (χ1) is 5.43. The van der Waals surface area contributed by atoms with Crippen molar-refractivity contribution < 1.29 is 4.79 Å². The largest absolute Gasteiger partial charge is 0.369 e. The number of hydrogen-bond donors (Lipinski definition) is 2. The fourth-order valence-corrected chi connectivity index (χ4v) is 1.89. The third-order valence-electron chi connectivity index (χ3n) is 2.69. The molecule has 0 aromatic heterocycles. The van der Waals surface area contributed by atoms with E-state index >= 15 is 0 Å². The van der Waals surface area contributed by atoms with Crippen molar-refractivity contribution in [2.75, 3.05) is 13.1 Å². The van der Waals surface area contributed by atoms with Gasteiger partial charge in [-0.1, -0.05) is 20.8 Å². The van der Waals surface area contributed by atoms with Gasteiger partial charge < -0.3 is 11.1 Å². The van der Waals surface area contributed by atoms with Crippen LogP contribution >= 0.6 is 0 Å². The smallest absolute Gasteiger partial charge is 0.222 e. The van der Waals surface area contributed by atoms with E-state index in [4.69, 9.17) is 5.73 Å². The van der Waals surface area contributed by atoms with E-state index in [1.807, 2.05) is 0 Å². The Morgan fingerprint density at radius 3 is 2.33 bits per heavy atom. The molecule has 3 heteroatoms. The fraction of sp³-hybridized carbons (Fsp3) is 0.889. The normalized spacial score (nSPS) is 30.6. The molecule has 1 aliphatic rings. The first kappa shape index (κ1) is 9.52. The summed E-state index contributed by atoms with van der Waals surface area (Å²) in [6, 6.07) is 0. The molecule has 12 heavy (non-hydrogen) atoms. The molecule has 1 aliphatic heterocycles. The predicted octanol–water partition coefficient (Wildman–Crippen LogP) is 0.353. The van der Waals surface area contributed by atoms with Gasteiger partial charge in [-0.3, -0.25) is 4.79 Å². The summed E-state index contributed by atoms with van der Waals surface area (Å²) < 4.78 is 0. The fourth-order valence-electron chi connectivity index (χ4n) is 1.89. The molecule has 0 aromatic rings. The van der Waals surface area contributed by atoms with Gasteiger partial charge in [0, 0.05) is 6.54 Å². The summed E-state index contributed by atoms with van der Waals surface area (Å²) in [7, 11) is 0. The maximum Gasteiger partial charge on any atom is 0.222 e. The molecule has 0 bridgehead atoms. The number of carbonyl (C=O) groups excluding carboxylic acids is 1. The van der Waals surface area contributed by atoms with Gasteiger partial charge in [0.15, 0.2) is 0 Å². The minimum absolute atomic E-state index is 0.0185. The molecule has 0 spiro atoms. The average molecular weight is 170 g/mol. The lowest BCUT2D eigenvalue weighted by molar-refractivity contribution is -0.123. The summed E-state index contributed by atoms with van der Waals surface area (Å²) in [4.78, 5) is 11.0. The van der Waals surface area contributed by atoms with Gasteiger partial charge >= 0.3 is 0 Å². The first-order valence-electron chi connectivity index (χ1n) is 4.43. The van der Waals surface area contributed by atoms with Crippen molar-refractivity contribution >= 4 is 5.91 Å². The molecular formula is C9H18N2O. The van der Waals surface area contributed by atoms with Crippen LogP contribution in [0.1, 0.15) is 20.8 Å². The Hall–Kier alpha value is -0.570. The molecule has 1 fully saturated rings. The summed E-state index contributed by atoms with van der Waals surface area (Å²) in [5.41, 5.74) is 5.48. The summed E-state index contributed by atoms with van der Waals surface area (Å²) in [6.07, 6.45) is 0. The van der Waals surface area contributed by atoms with Crippen LogP contribution in [-0.4, -0.2) is 19.0 Å². The number of nitrogens with two attached hydrogens (primary N) is 1. The Kier molecular flexibility index (Phi) is 2.42. The zero-order valence-corrected chi connectivity index (χ0v) is 8.05. The van der Waals surface area contributed by atoms with Gasteiger partial charge in [-0.25, -0.2) is 0 Å². The predicted molar refractivity (Wildman–Crippen MR) is 48.5 cm³/mol. The third-order valence-corrected chi connectivity index (χ3v) is 2.69. The van der Waals surface area contributed by atoms with Crippen molar-refractivity contribution in [1.29, 1.82) is 0 Å². The summed E-state index contributed by atoms with van der Waals surface area (Å²) in [5.74, 6) is 0.236. The highest BCUT2D eigenvalue weighted by molar-refractivity contribution is 5.77. The van der Waals surface area contributed by atoms with Crippen LogP contribution in [0, 0.1) is 17.3 Å². The van der Waals surface area contributed by atoms with Gasteiger partial charge in [0.25, 0.3) is 0 Å². The van der Waals surface area contributed by atoms with Crippen LogP contribution in [0.15, 0.2) is 0 Å². The highest BCUT2D eigenvalue weighted by atomic mass is 16.1. The monoisotopic (exact) mass is 170 g/mol. The number of nitrogens with one attached hydrogen (secondary N) is 1. The molecule has 0 saturated carbocycles. The topological polar surface area (TPSA) is 55.1 Å². The quantitative estimate of drug-likeness (QED) is 0.596. The van der Waals surface area contributed by atoms with Crippen LogP contribution in [0.25, 0.3) is 0 Å². The standard InChI is InChI=1S/C9H18N2O/c1-9(2,3)7-5-11-4-6(7)8(10)12/h6-7,11H,4-5H2,1-3H3,(H2,10,12). The summed E-state index contributed by atoms with van der Waals surface area (Å²) in [5, 5.41) is 3.21. The van der Waals surface area contributed by atoms with E-state index in [0.717, 1.165) is 13.1 Å². The molecule has 0 aromatic carbocycles. The van der Waals surface area contributed by atoms with Gasteiger partial charge in [0.1, 0.15) is 0 Å². The zero-order chi connectivity index (χ0) is 9.35. The van der Waals surface area contributed by atoms with Crippen LogP contribution in [0.3, 0.4) is 0 Å². The molecule has 2 atom stereocenters. The van der Waals surface area contributed by atoms with E-state index in [9.17, 15) is 4.79 Å². The second-order valence-corrected chi connectivity index (χ2v) is 4.64. The van der Waals surface area contributed by atoms with Crippen LogP contribution in [0.5, 0.6) is 0 Å². The minimum Gasteiger partial charge on any atom is -0.369 e.